The highest BCUT2D eigenvalue weighted by molar-refractivity contribution is 7.61. The summed E-state index contributed by atoms with van der Waals surface area (Å²) in [7, 11) is -11.1. The quantitative estimate of drug-likeness (QED) is 0.0606. The van der Waals surface area contributed by atoms with Crippen LogP contribution in [0.5, 0.6) is 0 Å². The van der Waals surface area contributed by atoms with Crippen molar-refractivity contribution in [1.82, 2.24) is 29.5 Å². The molecule has 4 aromatic rings. The van der Waals surface area contributed by atoms with Crippen LogP contribution < -0.4 is 32.5 Å². The maximum absolute atomic E-state index is 13.2. The van der Waals surface area contributed by atoms with Crippen molar-refractivity contribution >= 4 is 55.5 Å². The Morgan fingerprint density at radius 3 is 2.34 bits per heavy atom. The van der Waals surface area contributed by atoms with Gasteiger partial charge in [-0.2, -0.15) is 4.31 Å². The van der Waals surface area contributed by atoms with Crippen LogP contribution in [-0.2, 0) is 27.2 Å². The van der Waals surface area contributed by atoms with Crippen molar-refractivity contribution in [1.29, 1.82) is 0 Å². The summed E-state index contributed by atoms with van der Waals surface area (Å²) in [4.78, 5) is 65.4. The van der Waals surface area contributed by atoms with Gasteiger partial charge in [0.2, 0.25) is 0 Å². The molecule has 316 valence electrons. The number of phosphoric acid groups is 2. The van der Waals surface area contributed by atoms with Crippen LogP contribution in [0, 0.1) is 13.8 Å². The molecule has 0 amide bonds. The summed E-state index contributed by atoms with van der Waals surface area (Å²) in [6, 6.07) is 3.04. The zero-order valence-electron chi connectivity index (χ0n) is 30.8. The second kappa shape index (κ2) is 16.7. The number of aromatic amines is 2. The molecular weight excluding hydrogens is 814 g/mol. The van der Waals surface area contributed by atoms with Gasteiger partial charge in [-0.1, -0.05) is 6.08 Å². The monoisotopic (exact) mass is 856 g/mol. The molecule has 27 heteroatoms. The second-order valence-corrected chi connectivity index (χ2v) is 16.6. The average molecular weight is 857 g/mol. The third-order valence-corrected chi connectivity index (χ3v) is 11.9. The van der Waals surface area contributed by atoms with Gasteiger partial charge < -0.3 is 61.3 Å². The molecule has 58 heavy (non-hydrogen) atoms. The van der Waals surface area contributed by atoms with E-state index in [4.69, 9.17) is 20.7 Å². The highest BCUT2D eigenvalue weighted by Crippen LogP contribution is 2.60. The van der Waals surface area contributed by atoms with Crippen LogP contribution in [-0.4, -0.2) is 127 Å². The second-order valence-electron chi connectivity index (χ2n) is 13.6. The van der Waals surface area contributed by atoms with Gasteiger partial charge in [0.25, 0.3) is 5.56 Å². The number of nitrogens with one attached hydrogen (secondary N) is 2. The first-order valence-corrected chi connectivity index (χ1v) is 20.3. The van der Waals surface area contributed by atoms with E-state index in [2.05, 4.69) is 33.8 Å². The molecule has 5 heterocycles. The number of aliphatic hydroxyl groups excluding tert-OH is 5. The average Bonchev–Trinajstić information content (AvgIpc) is 3.69. The lowest BCUT2D eigenvalue weighted by atomic mass is 10.0. The van der Waals surface area contributed by atoms with E-state index in [0.717, 1.165) is 17.5 Å². The Hall–Kier alpha value is -4.43. The number of aryl methyl sites for hydroxylation is 2. The standard InChI is InChI=1S/C31H42N10O15P2/c1-13-6-16-17(7-14(13)2)40(28-22(29(47)38-31(48)37-28)39(16)5-4-15(3)32)8-18(42)23(44)19(43)9-53-57(49,50)56-58(51,52)54-10-20-24(45)25(46)30(55-20)41-12-36-21-26(33)34-11-35-27(21)41/h4-7,11-12,15,18-20,23-25,30,42-46H,8-10,32H2,1-3H3,(H,49,50)(H,51,52)(H2,33,34,35)(H2,37,38,47,48)/b5-4+/t15?,18-,19+,20+,23-,24+,25+,30+/m0/s1. The number of imidazole rings is 1. The van der Waals surface area contributed by atoms with Crippen molar-refractivity contribution in [3.63, 3.8) is 0 Å². The maximum Gasteiger partial charge on any atom is 0.481 e. The summed E-state index contributed by atoms with van der Waals surface area (Å²) in [5, 5.41) is 53.7. The molecule has 0 bridgehead atoms. The fourth-order valence-corrected chi connectivity index (χ4v) is 8.30. The van der Waals surface area contributed by atoms with Gasteiger partial charge in [0.1, 0.15) is 54.3 Å². The van der Waals surface area contributed by atoms with Crippen LogP contribution >= 0.6 is 15.6 Å². The fourth-order valence-electron chi connectivity index (χ4n) is 6.21. The Labute approximate surface area is 327 Å². The minimum absolute atomic E-state index is 0.0279. The first-order valence-electron chi connectivity index (χ1n) is 17.3. The molecule has 0 saturated carbocycles. The molecule has 3 aromatic heterocycles. The van der Waals surface area contributed by atoms with Gasteiger partial charge in [0.05, 0.1) is 37.5 Å². The Morgan fingerprint density at radius 1 is 0.983 bits per heavy atom. The van der Waals surface area contributed by atoms with E-state index in [0.29, 0.717) is 11.4 Å². The van der Waals surface area contributed by atoms with Crippen LogP contribution in [0.1, 0.15) is 24.3 Å². The van der Waals surface area contributed by atoms with Gasteiger partial charge in [-0.3, -0.25) is 28.4 Å². The third-order valence-electron chi connectivity index (χ3n) is 9.26. The number of ether oxygens (including phenoxy) is 1. The number of rotatable bonds is 15. The van der Waals surface area contributed by atoms with Crippen LogP contribution in [0.4, 0.5) is 28.7 Å². The number of aliphatic hydroxyl groups is 5. The van der Waals surface area contributed by atoms with Crippen molar-refractivity contribution in [2.24, 2.45) is 5.73 Å². The maximum atomic E-state index is 13.2. The molecule has 1 fully saturated rings. The number of benzene rings is 1. The summed E-state index contributed by atoms with van der Waals surface area (Å²) < 4.78 is 45.7. The van der Waals surface area contributed by atoms with Gasteiger partial charge in [0.15, 0.2) is 23.4 Å². The fraction of sp³-hybridized carbons (Fsp3) is 0.452. The van der Waals surface area contributed by atoms with Gasteiger partial charge in [-0.25, -0.2) is 28.9 Å². The Bertz CT molecular complexity index is 2410. The van der Waals surface area contributed by atoms with E-state index in [1.807, 2.05) is 6.92 Å². The highest BCUT2D eigenvalue weighted by atomic mass is 31.3. The zero-order chi connectivity index (χ0) is 42.4. The largest absolute Gasteiger partial charge is 0.481 e. The van der Waals surface area contributed by atoms with Crippen LogP contribution in [0.3, 0.4) is 0 Å². The molecular formula is C31H42N10O15P2. The van der Waals surface area contributed by atoms with Gasteiger partial charge >= 0.3 is 21.3 Å². The molecule has 3 unspecified atom stereocenters. The van der Waals surface area contributed by atoms with E-state index in [9.17, 15) is 54.0 Å². The Morgan fingerprint density at radius 2 is 1.66 bits per heavy atom. The Kier molecular flexibility index (Phi) is 12.4. The topological polar surface area (TPSA) is 381 Å². The number of phosphoric ester groups is 2. The van der Waals surface area contributed by atoms with E-state index >= 15 is 0 Å². The number of anilines is 5. The predicted molar refractivity (Wildman–Crippen MR) is 202 cm³/mol. The first-order chi connectivity index (χ1) is 27.2. The molecule has 1 aromatic carbocycles. The smallest absolute Gasteiger partial charge is 0.388 e. The predicted octanol–water partition coefficient (Wildman–Crippen LogP) is -1.49. The Balaban J connectivity index is 1.09. The van der Waals surface area contributed by atoms with Gasteiger partial charge in [-0.15, -0.1) is 0 Å². The minimum Gasteiger partial charge on any atom is -0.388 e. The van der Waals surface area contributed by atoms with Gasteiger partial charge in [-0.05, 0) is 44.0 Å². The summed E-state index contributed by atoms with van der Waals surface area (Å²) in [5.41, 5.74) is 12.7. The summed E-state index contributed by atoms with van der Waals surface area (Å²) in [5.74, 6) is -0.0570. The molecule has 25 nitrogen and oxygen atoms in total. The minimum atomic E-state index is -5.57. The lowest BCUT2D eigenvalue weighted by molar-refractivity contribution is -0.0719. The molecule has 6 rings (SSSR count). The molecule has 0 radical (unpaired) electrons. The number of hydrogen-bond acceptors (Lipinski definition) is 20. The van der Waals surface area contributed by atoms with Crippen LogP contribution in [0.15, 0.2) is 46.7 Å². The summed E-state index contributed by atoms with van der Waals surface area (Å²) in [6.07, 6.45) is -6.83. The number of β-amino-alcohol motifs (C(OH)–C–C–N with tert-alkyl or cyclic N) is 1. The van der Waals surface area contributed by atoms with Crippen molar-refractivity contribution < 1.29 is 62.5 Å². The summed E-state index contributed by atoms with van der Waals surface area (Å²) >= 11 is 0. The normalized spacial score (nSPS) is 23.6. The van der Waals surface area contributed by atoms with Gasteiger partial charge in [0, 0.05) is 12.2 Å². The number of fused-ring (bicyclic) bond motifs is 3. The number of nitrogen functional groups attached to an aromatic ring is 1. The lowest BCUT2D eigenvalue weighted by Crippen LogP contribution is -2.47. The molecule has 10 atom stereocenters. The van der Waals surface area contributed by atoms with Crippen molar-refractivity contribution in [2.45, 2.75) is 69.7 Å². The number of hydrogen-bond donors (Lipinski definition) is 11. The number of H-pyrrole nitrogens is 2. The van der Waals surface area contributed by atoms with E-state index in [1.165, 1.54) is 20.7 Å². The SMILES string of the molecule is Cc1cc2c(cc1C)N(C[C@H](O)[C@H](O)[C@H](O)COP(=O)(O)OP(=O)(O)OC[C@H]1O[C@@H](n3cnc4c(N)ncnc43)[C@H](O)[C@@H]1O)c1[nH]c(=O)[nH]c(=O)c1N2/C=C/C(C)N. The number of nitrogens with two attached hydrogens (primary N) is 2. The van der Waals surface area contributed by atoms with E-state index < -0.39 is 95.5 Å². The third kappa shape index (κ3) is 8.92. The molecule has 13 N–H and O–H groups in total. The van der Waals surface area contributed by atoms with Crippen LogP contribution in [0.2, 0.25) is 0 Å². The van der Waals surface area contributed by atoms with E-state index in [1.54, 1.807) is 38.3 Å². The summed E-state index contributed by atoms with van der Waals surface area (Å²) in [6.45, 7) is 2.56. The first kappa shape index (κ1) is 43.2. The van der Waals surface area contributed by atoms with Crippen molar-refractivity contribution in [2.75, 3.05) is 35.3 Å². The van der Waals surface area contributed by atoms with Crippen molar-refractivity contribution in [3.05, 3.63) is 69.0 Å². The number of nitrogens with zero attached hydrogens (tertiary/aromatic N) is 6. The molecule has 2 aliphatic rings. The molecule has 1 saturated heterocycles. The van der Waals surface area contributed by atoms with Crippen molar-refractivity contribution in [3.8, 4) is 0 Å². The highest BCUT2D eigenvalue weighted by Gasteiger charge is 2.46. The lowest BCUT2D eigenvalue weighted by Gasteiger charge is -2.39. The molecule has 0 aliphatic carbocycles. The zero-order valence-corrected chi connectivity index (χ0v) is 32.6. The van der Waals surface area contributed by atoms with E-state index in [-0.39, 0.29) is 28.5 Å². The molecule has 0 spiro atoms. The number of aromatic nitrogens is 6. The van der Waals surface area contributed by atoms with Crippen LogP contribution in [0.25, 0.3) is 11.2 Å². The molecule has 2 aliphatic heterocycles.